The third-order valence-electron chi connectivity index (χ3n) is 5.15. The lowest BCUT2D eigenvalue weighted by Crippen LogP contribution is -2.27. The fourth-order valence-electron chi connectivity index (χ4n) is 3.62. The highest BCUT2D eigenvalue weighted by Crippen LogP contribution is 2.38. The van der Waals surface area contributed by atoms with E-state index in [9.17, 15) is 26.9 Å². The molecule has 12 heteroatoms. The molecule has 3 aromatic carbocycles. The Labute approximate surface area is 196 Å². The smallest absolute Gasteiger partial charge is 0.279 e. The first-order valence-electron chi connectivity index (χ1n) is 10.0. The van der Waals surface area contributed by atoms with Crippen LogP contribution in [0.1, 0.15) is 23.6 Å². The molecule has 1 aliphatic rings. The molecule has 0 bridgehead atoms. The zero-order valence-electron chi connectivity index (χ0n) is 17.9. The first-order chi connectivity index (χ1) is 16.0. The van der Waals surface area contributed by atoms with Crippen molar-refractivity contribution < 1.29 is 21.8 Å². The molecular formula is C22H20N4O6S2. The second kappa shape index (κ2) is 8.88. The van der Waals surface area contributed by atoms with Gasteiger partial charge in [-0.25, -0.2) is 8.42 Å². The minimum absolute atomic E-state index is 0.0446. The first-order valence-corrected chi connectivity index (χ1v) is 13.4. The van der Waals surface area contributed by atoms with Gasteiger partial charge in [0.2, 0.25) is 10.0 Å². The minimum Gasteiger partial charge on any atom is -0.284 e. The van der Waals surface area contributed by atoms with Gasteiger partial charge >= 0.3 is 0 Å². The van der Waals surface area contributed by atoms with Crippen LogP contribution in [0.4, 0.5) is 11.4 Å². The van der Waals surface area contributed by atoms with E-state index in [1.165, 1.54) is 30.3 Å². The Hall–Kier alpha value is -3.77. The molecule has 0 spiro atoms. The van der Waals surface area contributed by atoms with E-state index in [0.717, 1.165) is 10.7 Å². The molecule has 0 fully saturated rings. The molecule has 0 radical (unpaired) electrons. The molecule has 4 rings (SSSR count). The number of hydrazone groups is 1. The molecular weight excluding hydrogens is 480 g/mol. The van der Waals surface area contributed by atoms with Gasteiger partial charge in [-0.1, -0.05) is 42.5 Å². The molecule has 0 saturated heterocycles. The number of nitro benzene ring substituents is 1. The number of non-ortho nitro benzene ring substituents is 1. The van der Waals surface area contributed by atoms with E-state index >= 15 is 0 Å². The summed E-state index contributed by atoms with van der Waals surface area (Å²) < 4.78 is 53.1. The summed E-state index contributed by atoms with van der Waals surface area (Å²) in [5, 5.41) is 15.7. The Kier molecular flexibility index (Phi) is 6.11. The normalized spacial score (nSPS) is 16.2. The van der Waals surface area contributed by atoms with Crippen molar-refractivity contribution >= 4 is 37.1 Å². The van der Waals surface area contributed by atoms with Crippen LogP contribution in [0.5, 0.6) is 0 Å². The van der Waals surface area contributed by atoms with E-state index in [4.69, 9.17) is 0 Å². The van der Waals surface area contributed by atoms with Gasteiger partial charge in [0, 0.05) is 24.2 Å². The van der Waals surface area contributed by atoms with Gasteiger partial charge in [-0.3, -0.25) is 14.8 Å². The Morgan fingerprint density at radius 2 is 1.65 bits per heavy atom. The highest BCUT2D eigenvalue weighted by Gasteiger charge is 2.38. The predicted octanol–water partition coefficient (Wildman–Crippen LogP) is 3.51. The van der Waals surface area contributed by atoms with Crippen molar-refractivity contribution in [3.05, 3.63) is 100 Å². The lowest BCUT2D eigenvalue weighted by atomic mass is 9.99. The largest absolute Gasteiger partial charge is 0.284 e. The lowest BCUT2D eigenvalue weighted by Gasteiger charge is -2.23. The molecule has 34 heavy (non-hydrogen) atoms. The number of nitrogens with one attached hydrogen (secondary N) is 1. The van der Waals surface area contributed by atoms with Crippen molar-refractivity contribution in [3.8, 4) is 0 Å². The Morgan fingerprint density at radius 3 is 2.26 bits per heavy atom. The van der Waals surface area contributed by atoms with Gasteiger partial charge in [-0.05, 0) is 35.4 Å². The Morgan fingerprint density at radius 1 is 0.971 bits per heavy atom. The van der Waals surface area contributed by atoms with Crippen LogP contribution in [-0.4, -0.2) is 38.1 Å². The standard InChI is InChI=1S/C22H20N4O6S2/c1-33(29,30)24-18-12-10-16(11-13-18)21-15-22(17-6-5-7-19(14-17)26(27)28)25(23-21)34(31,32)20-8-3-2-4-9-20/h2-14,22,24H,15H2,1H3/t22-/m1/s1. The van der Waals surface area contributed by atoms with Gasteiger partial charge in [0.1, 0.15) is 0 Å². The summed E-state index contributed by atoms with van der Waals surface area (Å²) in [5.74, 6) is 0. The van der Waals surface area contributed by atoms with E-state index in [1.807, 2.05) is 0 Å². The monoisotopic (exact) mass is 500 g/mol. The van der Waals surface area contributed by atoms with Crippen LogP contribution in [0.25, 0.3) is 0 Å². The molecule has 0 aromatic heterocycles. The van der Waals surface area contributed by atoms with Gasteiger partial charge in [-0.2, -0.15) is 17.9 Å². The van der Waals surface area contributed by atoms with E-state index in [2.05, 4.69) is 9.82 Å². The summed E-state index contributed by atoms with van der Waals surface area (Å²) in [7, 11) is -7.50. The predicted molar refractivity (Wildman–Crippen MR) is 127 cm³/mol. The van der Waals surface area contributed by atoms with E-state index in [-0.39, 0.29) is 17.0 Å². The summed E-state index contributed by atoms with van der Waals surface area (Å²) in [6.45, 7) is 0. The van der Waals surface area contributed by atoms with Gasteiger partial charge < -0.3 is 0 Å². The number of benzene rings is 3. The van der Waals surface area contributed by atoms with Crippen molar-refractivity contribution in [2.45, 2.75) is 17.4 Å². The van der Waals surface area contributed by atoms with Gasteiger partial charge in [0.25, 0.3) is 15.7 Å². The topological polar surface area (TPSA) is 139 Å². The molecule has 0 unspecified atom stereocenters. The lowest BCUT2D eigenvalue weighted by molar-refractivity contribution is -0.384. The zero-order valence-corrected chi connectivity index (χ0v) is 19.5. The van der Waals surface area contributed by atoms with Crippen molar-refractivity contribution in [1.29, 1.82) is 0 Å². The molecule has 10 nitrogen and oxygen atoms in total. The van der Waals surface area contributed by atoms with Gasteiger partial charge in [-0.15, -0.1) is 0 Å². The van der Waals surface area contributed by atoms with Crippen molar-refractivity contribution in [1.82, 2.24) is 4.41 Å². The highest BCUT2D eigenvalue weighted by molar-refractivity contribution is 7.92. The number of sulfonamides is 2. The van der Waals surface area contributed by atoms with E-state index < -0.39 is 31.0 Å². The van der Waals surface area contributed by atoms with Gasteiger partial charge in [0.05, 0.1) is 27.8 Å². The average molecular weight is 501 g/mol. The number of nitrogens with zero attached hydrogens (tertiary/aromatic N) is 3. The number of rotatable bonds is 7. The maximum absolute atomic E-state index is 13.4. The van der Waals surface area contributed by atoms with Crippen LogP contribution in [0, 0.1) is 10.1 Å². The molecule has 0 amide bonds. The molecule has 1 heterocycles. The minimum atomic E-state index is -4.06. The molecule has 1 aliphatic heterocycles. The summed E-state index contributed by atoms with van der Waals surface area (Å²) in [6.07, 6.45) is 1.21. The van der Waals surface area contributed by atoms with Crippen LogP contribution in [0.2, 0.25) is 0 Å². The molecule has 3 aromatic rings. The number of hydrogen-bond donors (Lipinski definition) is 1. The quantitative estimate of drug-likeness (QED) is 0.389. The van der Waals surface area contributed by atoms with Crippen LogP contribution >= 0.6 is 0 Å². The molecule has 0 aliphatic carbocycles. The second-order valence-corrected chi connectivity index (χ2v) is 11.2. The van der Waals surface area contributed by atoms with Crippen molar-refractivity contribution in [3.63, 3.8) is 0 Å². The summed E-state index contributed by atoms with van der Waals surface area (Å²) in [5.41, 5.74) is 1.68. The maximum Gasteiger partial charge on any atom is 0.279 e. The molecule has 0 saturated carbocycles. The highest BCUT2D eigenvalue weighted by atomic mass is 32.2. The zero-order chi connectivity index (χ0) is 24.5. The molecule has 1 N–H and O–H groups in total. The van der Waals surface area contributed by atoms with Crippen molar-refractivity contribution in [2.75, 3.05) is 11.0 Å². The van der Waals surface area contributed by atoms with E-state index in [1.54, 1.807) is 48.5 Å². The number of nitro groups is 1. The fourth-order valence-corrected chi connectivity index (χ4v) is 5.64. The Bertz CT molecular complexity index is 1470. The number of anilines is 1. The van der Waals surface area contributed by atoms with Crippen molar-refractivity contribution in [2.24, 2.45) is 5.10 Å². The number of hydrogen-bond acceptors (Lipinski definition) is 7. The van der Waals surface area contributed by atoms with Crippen LogP contribution in [0.15, 0.2) is 88.9 Å². The van der Waals surface area contributed by atoms with Gasteiger partial charge in [0.15, 0.2) is 0 Å². The maximum atomic E-state index is 13.4. The molecule has 1 atom stereocenters. The average Bonchev–Trinajstić information content (AvgIpc) is 3.26. The first kappa shape index (κ1) is 23.4. The van der Waals surface area contributed by atoms with Crippen LogP contribution in [-0.2, 0) is 20.0 Å². The third kappa shape index (κ3) is 4.92. The van der Waals surface area contributed by atoms with Crippen LogP contribution < -0.4 is 4.72 Å². The third-order valence-corrected chi connectivity index (χ3v) is 7.45. The fraction of sp³-hybridized carbons (Fsp3) is 0.136. The summed E-state index contributed by atoms with van der Waals surface area (Å²) in [6, 6.07) is 19.2. The second-order valence-electron chi connectivity index (χ2n) is 7.66. The molecule has 176 valence electrons. The SMILES string of the molecule is CS(=O)(=O)Nc1ccc(C2=NN(S(=O)(=O)c3ccccc3)[C@@H](c3cccc([N+](=O)[O-])c3)C2)cc1. The van der Waals surface area contributed by atoms with E-state index in [0.29, 0.717) is 22.5 Å². The summed E-state index contributed by atoms with van der Waals surface area (Å²) in [4.78, 5) is 10.8. The summed E-state index contributed by atoms with van der Waals surface area (Å²) >= 11 is 0. The Balaban J connectivity index is 1.76. The van der Waals surface area contributed by atoms with Crippen LogP contribution in [0.3, 0.4) is 0 Å².